The Hall–Kier alpha value is -1.14. The van der Waals surface area contributed by atoms with Gasteiger partial charge in [0.25, 0.3) is 0 Å². The zero-order valence-electron chi connectivity index (χ0n) is 13.2. The Kier molecular flexibility index (Phi) is 5.58. The zero-order chi connectivity index (χ0) is 15.4. The number of nitrogens with zero attached hydrogens (tertiary/aromatic N) is 5. The van der Waals surface area contributed by atoms with Gasteiger partial charge in [0, 0.05) is 32.2 Å². The molecule has 0 aromatic carbocycles. The van der Waals surface area contributed by atoms with Crippen molar-refractivity contribution in [2.24, 2.45) is 0 Å². The van der Waals surface area contributed by atoms with Crippen LogP contribution in [0.5, 0.6) is 6.01 Å². The van der Waals surface area contributed by atoms with Crippen LogP contribution in [-0.2, 0) is 0 Å². The van der Waals surface area contributed by atoms with Crippen molar-refractivity contribution in [1.29, 1.82) is 0 Å². The van der Waals surface area contributed by atoms with Gasteiger partial charge in [-0.25, -0.2) is 0 Å². The van der Waals surface area contributed by atoms with Crippen molar-refractivity contribution in [2.75, 3.05) is 31.1 Å². The van der Waals surface area contributed by atoms with Crippen molar-refractivity contribution >= 4 is 17.5 Å². The van der Waals surface area contributed by atoms with E-state index in [4.69, 9.17) is 16.3 Å². The van der Waals surface area contributed by atoms with Crippen LogP contribution in [0.2, 0.25) is 5.28 Å². The molecular formula is C14H24ClN5O. The van der Waals surface area contributed by atoms with Crippen LogP contribution in [0, 0.1) is 0 Å². The molecule has 1 aliphatic rings. The number of piperazine rings is 1. The summed E-state index contributed by atoms with van der Waals surface area (Å²) in [6, 6.07) is 0.915. The molecule has 1 aromatic heterocycles. The lowest BCUT2D eigenvalue weighted by Crippen LogP contribution is -2.50. The molecule has 0 saturated carbocycles. The first-order chi connectivity index (χ1) is 9.99. The van der Waals surface area contributed by atoms with Crippen LogP contribution >= 0.6 is 11.6 Å². The average Bonchev–Trinajstić information content (AvgIpc) is 2.45. The fourth-order valence-electron chi connectivity index (χ4n) is 2.35. The summed E-state index contributed by atoms with van der Waals surface area (Å²) in [5, 5.41) is 0.181. The van der Waals surface area contributed by atoms with E-state index in [0.29, 0.717) is 18.0 Å². The highest BCUT2D eigenvalue weighted by molar-refractivity contribution is 6.28. The Morgan fingerprint density at radius 1 is 1.10 bits per heavy atom. The van der Waals surface area contributed by atoms with Gasteiger partial charge in [-0.05, 0) is 38.8 Å². The molecule has 21 heavy (non-hydrogen) atoms. The second kappa shape index (κ2) is 7.22. The Bertz CT molecular complexity index is 463. The summed E-state index contributed by atoms with van der Waals surface area (Å²) >= 11 is 5.97. The number of rotatable bonds is 5. The maximum absolute atomic E-state index is 5.97. The van der Waals surface area contributed by atoms with Gasteiger partial charge in [-0.3, -0.25) is 4.90 Å². The Morgan fingerprint density at radius 2 is 1.76 bits per heavy atom. The van der Waals surface area contributed by atoms with Crippen LogP contribution in [0.1, 0.15) is 34.1 Å². The summed E-state index contributed by atoms with van der Waals surface area (Å²) in [6.45, 7) is 12.2. The lowest BCUT2D eigenvalue weighted by molar-refractivity contribution is 0.191. The van der Waals surface area contributed by atoms with Gasteiger partial charge in [0.2, 0.25) is 11.2 Å². The molecule has 1 unspecified atom stereocenters. The molecule has 1 aliphatic heterocycles. The Labute approximate surface area is 131 Å². The van der Waals surface area contributed by atoms with Crippen LogP contribution in [0.15, 0.2) is 0 Å². The number of halogens is 1. The van der Waals surface area contributed by atoms with E-state index >= 15 is 0 Å². The van der Waals surface area contributed by atoms with Crippen molar-refractivity contribution in [3.63, 3.8) is 0 Å². The lowest BCUT2D eigenvalue weighted by atomic mass is 10.2. The maximum Gasteiger partial charge on any atom is 0.322 e. The standard InChI is InChI=1S/C14H24ClN5O/c1-5-11(4)19-6-8-20(9-7-19)13-16-12(15)17-14(18-13)21-10(2)3/h10-11H,5-9H2,1-4H3. The second-order valence-corrected chi connectivity index (χ2v) is 5.97. The quantitative estimate of drug-likeness (QED) is 0.831. The van der Waals surface area contributed by atoms with Crippen LogP contribution in [0.3, 0.4) is 0 Å². The summed E-state index contributed by atoms with van der Waals surface area (Å²) < 4.78 is 5.52. The van der Waals surface area contributed by atoms with E-state index < -0.39 is 0 Å². The van der Waals surface area contributed by atoms with E-state index in [9.17, 15) is 0 Å². The van der Waals surface area contributed by atoms with Gasteiger partial charge in [-0.1, -0.05) is 6.92 Å². The Morgan fingerprint density at radius 3 is 2.33 bits per heavy atom. The molecule has 2 heterocycles. The minimum absolute atomic E-state index is 0.0126. The molecule has 6 nitrogen and oxygen atoms in total. The fraction of sp³-hybridized carbons (Fsp3) is 0.786. The summed E-state index contributed by atoms with van der Waals surface area (Å²) in [7, 11) is 0. The molecular weight excluding hydrogens is 290 g/mol. The number of anilines is 1. The number of ether oxygens (including phenoxy) is 1. The minimum atomic E-state index is 0.0126. The average molecular weight is 314 g/mol. The van der Waals surface area contributed by atoms with E-state index in [2.05, 4.69) is 38.6 Å². The predicted molar refractivity (Wildman–Crippen MR) is 84.1 cm³/mol. The van der Waals surface area contributed by atoms with Gasteiger partial charge in [0.15, 0.2) is 0 Å². The topological polar surface area (TPSA) is 54.4 Å². The molecule has 0 N–H and O–H groups in total. The molecule has 0 spiro atoms. The van der Waals surface area contributed by atoms with Crippen molar-refractivity contribution in [3.05, 3.63) is 5.28 Å². The van der Waals surface area contributed by atoms with Gasteiger partial charge in [-0.15, -0.1) is 0 Å². The molecule has 1 aromatic rings. The summed E-state index contributed by atoms with van der Waals surface area (Å²) in [5.74, 6) is 0.606. The highest BCUT2D eigenvalue weighted by Crippen LogP contribution is 2.18. The largest absolute Gasteiger partial charge is 0.461 e. The fourth-order valence-corrected chi connectivity index (χ4v) is 2.50. The number of hydrogen-bond donors (Lipinski definition) is 0. The normalized spacial score (nSPS) is 18.1. The molecule has 2 rings (SSSR count). The smallest absolute Gasteiger partial charge is 0.322 e. The molecule has 0 radical (unpaired) electrons. The molecule has 118 valence electrons. The van der Waals surface area contributed by atoms with Crippen molar-refractivity contribution in [3.8, 4) is 6.01 Å². The van der Waals surface area contributed by atoms with Crippen LogP contribution < -0.4 is 9.64 Å². The predicted octanol–water partition coefficient (Wildman–Crippen LogP) is 2.23. The third-order valence-electron chi connectivity index (χ3n) is 3.73. The summed E-state index contributed by atoms with van der Waals surface area (Å²) in [5.41, 5.74) is 0. The van der Waals surface area contributed by atoms with Crippen molar-refractivity contribution < 1.29 is 4.74 Å². The van der Waals surface area contributed by atoms with E-state index in [1.54, 1.807) is 0 Å². The van der Waals surface area contributed by atoms with E-state index in [-0.39, 0.29) is 11.4 Å². The van der Waals surface area contributed by atoms with Crippen LogP contribution in [0.25, 0.3) is 0 Å². The molecule has 0 aliphatic carbocycles. The highest BCUT2D eigenvalue weighted by Gasteiger charge is 2.22. The molecule has 1 saturated heterocycles. The molecule has 0 bridgehead atoms. The molecule has 1 fully saturated rings. The van der Waals surface area contributed by atoms with Crippen LogP contribution in [-0.4, -0.2) is 58.2 Å². The molecule has 1 atom stereocenters. The number of hydrogen-bond acceptors (Lipinski definition) is 6. The Balaban J connectivity index is 2.04. The summed E-state index contributed by atoms with van der Waals surface area (Å²) in [6.07, 6.45) is 1.18. The molecule has 0 amide bonds. The highest BCUT2D eigenvalue weighted by atomic mass is 35.5. The first-order valence-corrected chi connectivity index (χ1v) is 7.94. The van der Waals surface area contributed by atoms with Gasteiger partial charge < -0.3 is 9.64 Å². The third-order valence-corrected chi connectivity index (χ3v) is 3.90. The van der Waals surface area contributed by atoms with Gasteiger partial charge in [-0.2, -0.15) is 15.0 Å². The van der Waals surface area contributed by atoms with E-state index in [1.807, 2.05) is 13.8 Å². The SMILES string of the molecule is CCC(C)N1CCN(c2nc(Cl)nc(OC(C)C)n2)CC1. The van der Waals surface area contributed by atoms with Crippen molar-refractivity contribution in [2.45, 2.75) is 46.3 Å². The molecule has 7 heteroatoms. The first-order valence-electron chi connectivity index (χ1n) is 7.56. The first kappa shape index (κ1) is 16.2. The summed E-state index contributed by atoms with van der Waals surface area (Å²) in [4.78, 5) is 17.2. The number of aromatic nitrogens is 3. The lowest BCUT2D eigenvalue weighted by Gasteiger charge is -2.37. The third kappa shape index (κ3) is 4.41. The van der Waals surface area contributed by atoms with Gasteiger partial charge in [0.1, 0.15) is 0 Å². The van der Waals surface area contributed by atoms with E-state index in [0.717, 1.165) is 26.2 Å². The van der Waals surface area contributed by atoms with Gasteiger partial charge >= 0.3 is 6.01 Å². The second-order valence-electron chi connectivity index (χ2n) is 5.63. The maximum atomic E-state index is 5.97. The monoisotopic (exact) mass is 313 g/mol. The minimum Gasteiger partial charge on any atom is -0.461 e. The zero-order valence-corrected chi connectivity index (χ0v) is 14.0. The van der Waals surface area contributed by atoms with E-state index in [1.165, 1.54) is 6.42 Å². The van der Waals surface area contributed by atoms with Crippen molar-refractivity contribution in [1.82, 2.24) is 19.9 Å². The van der Waals surface area contributed by atoms with Gasteiger partial charge in [0.05, 0.1) is 6.10 Å². The van der Waals surface area contributed by atoms with Crippen LogP contribution in [0.4, 0.5) is 5.95 Å².